The third kappa shape index (κ3) is 4.29. The lowest BCUT2D eigenvalue weighted by molar-refractivity contribution is -0.945. The van der Waals surface area contributed by atoms with Crippen LogP contribution in [0.15, 0.2) is 41.1 Å². The molecule has 0 radical (unpaired) electrons. The SMILES string of the molecule is Cc1ccc(NC(=O)Cc2nc(C[NH+]3CCc4sccc4[C@@H]3C)cs2)cc1. The van der Waals surface area contributed by atoms with Crippen molar-refractivity contribution in [1.29, 1.82) is 0 Å². The number of rotatable bonds is 5. The molecule has 4 nitrogen and oxygen atoms in total. The predicted octanol–water partition coefficient (Wildman–Crippen LogP) is 3.40. The number of hydrogen-bond acceptors (Lipinski definition) is 4. The highest BCUT2D eigenvalue weighted by Crippen LogP contribution is 2.25. The summed E-state index contributed by atoms with van der Waals surface area (Å²) in [5, 5.41) is 8.15. The van der Waals surface area contributed by atoms with Crippen molar-refractivity contribution in [2.75, 3.05) is 11.9 Å². The molecule has 0 spiro atoms. The minimum Gasteiger partial charge on any atom is -0.326 e. The number of hydrogen-bond donors (Lipinski definition) is 2. The number of thiophene rings is 1. The van der Waals surface area contributed by atoms with Crippen LogP contribution < -0.4 is 10.2 Å². The first-order valence-corrected chi connectivity index (χ1v) is 11.0. The highest BCUT2D eigenvalue weighted by Gasteiger charge is 2.28. The summed E-state index contributed by atoms with van der Waals surface area (Å²) in [5.74, 6) is -0.0126. The van der Waals surface area contributed by atoms with Crippen LogP contribution in [0.1, 0.15) is 39.7 Å². The maximum Gasteiger partial charge on any atom is 0.231 e. The van der Waals surface area contributed by atoms with Crippen LogP contribution in [0.4, 0.5) is 5.69 Å². The fourth-order valence-corrected chi connectivity index (χ4v) is 5.39. The molecule has 6 heteroatoms. The molecule has 3 heterocycles. The molecule has 1 aliphatic heterocycles. The number of thiazole rings is 1. The first-order valence-electron chi connectivity index (χ1n) is 9.29. The molecule has 27 heavy (non-hydrogen) atoms. The molecule has 0 aliphatic carbocycles. The third-order valence-corrected chi connectivity index (χ3v) is 7.08. The van der Waals surface area contributed by atoms with Gasteiger partial charge in [0.2, 0.25) is 5.91 Å². The number of quaternary nitrogens is 1. The minimum absolute atomic E-state index is 0.0126. The molecule has 1 unspecified atom stereocenters. The third-order valence-electron chi connectivity index (χ3n) is 5.19. The van der Waals surface area contributed by atoms with E-state index in [4.69, 9.17) is 4.98 Å². The summed E-state index contributed by atoms with van der Waals surface area (Å²) in [4.78, 5) is 20.1. The van der Waals surface area contributed by atoms with Gasteiger partial charge < -0.3 is 10.2 Å². The summed E-state index contributed by atoms with van der Waals surface area (Å²) in [5.41, 5.74) is 4.61. The minimum atomic E-state index is -0.0126. The first-order chi connectivity index (χ1) is 13.1. The Morgan fingerprint density at radius 2 is 2.07 bits per heavy atom. The van der Waals surface area contributed by atoms with Crippen LogP contribution in [0.5, 0.6) is 0 Å². The number of nitrogens with one attached hydrogen (secondary N) is 2. The highest BCUT2D eigenvalue weighted by molar-refractivity contribution is 7.10. The molecule has 2 N–H and O–H groups in total. The smallest absolute Gasteiger partial charge is 0.231 e. The fraction of sp³-hybridized carbons (Fsp3) is 0.333. The molecule has 0 saturated carbocycles. The van der Waals surface area contributed by atoms with Gasteiger partial charge in [0.25, 0.3) is 0 Å². The molecule has 1 aromatic carbocycles. The lowest BCUT2D eigenvalue weighted by atomic mass is 10.0. The second-order valence-corrected chi connectivity index (χ2v) is 9.12. The summed E-state index contributed by atoms with van der Waals surface area (Å²) in [6, 6.07) is 10.6. The number of anilines is 1. The van der Waals surface area contributed by atoms with Gasteiger partial charge in [0.1, 0.15) is 23.3 Å². The van der Waals surface area contributed by atoms with Crippen LogP contribution in [0.25, 0.3) is 0 Å². The van der Waals surface area contributed by atoms with E-state index in [1.54, 1.807) is 16.2 Å². The van der Waals surface area contributed by atoms with E-state index in [0.29, 0.717) is 12.5 Å². The summed E-state index contributed by atoms with van der Waals surface area (Å²) in [6.07, 6.45) is 1.49. The molecule has 0 saturated heterocycles. The van der Waals surface area contributed by atoms with Crippen LogP contribution in [-0.2, 0) is 24.2 Å². The van der Waals surface area contributed by atoms with Crippen molar-refractivity contribution in [3.05, 3.63) is 67.8 Å². The normalized spacial score (nSPS) is 18.9. The van der Waals surface area contributed by atoms with Crippen LogP contribution in [0.3, 0.4) is 0 Å². The second-order valence-electron chi connectivity index (χ2n) is 7.18. The van der Waals surface area contributed by atoms with Gasteiger partial charge in [-0.15, -0.1) is 22.7 Å². The van der Waals surface area contributed by atoms with Crippen molar-refractivity contribution in [2.45, 2.75) is 39.3 Å². The lowest BCUT2D eigenvalue weighted by Crippen LogP contribution is -3.11. The lowest BCUT2D eigenvalue weighted by Gasteiger charge is -2.29. The van der Waals surface area contributed by atoms with E-state index in [-0.39, 0.29) is 5.91 Å². The number of amides is 1. The van der Waals surface area contributed by atoms with Crippen molar-refractivity contribution in [3.63, 3.8) is 0 Å². The van der Waals surface area contributed by atoms with Crippen molar-refractivity contribution in [3.8, 4) is 0 Å². The van der Waals surface area contributed by atoms with E-state index in [9.17, 15) is 4.79 Å². The Morgan fingerprint density at radius 1 is 1.26 bits per heavy atom. The van der Waals surface area contributed by atoms with E-state index in [1.165, 1.54) is 16.0 Å². The molecule has 1 amide bonds. The Balaban J connectivity index is 1.35. The van der Waals surface area contributed by atoms with Gasteiger partial charge >= 0.3 is 0 Å². The Kier molecular flexibility index (Phi) is 5.38. The predicted molar refractivity (Wildman–Crippen MR) is 112 cm³/mol. The summed E-state index contributed by atoms with van der Waals surface area (Å²) >= 11 is 3.46. The maximum absolute atomic E-state index is 12.3. The van der Waals surface area contributed by atoms with Crippen LogP contribution in [-0.4, -0.2) is 17.4 Å². The Labute approximate surface area is 167 Å². The van der Waals surface area contributed by atoms with Gasteiger partial charge in [0, 0.05) is 27.9 Å². The molecular weight excluding hydrogens is 374 g/mol. The zero-order valence-corrected chi connectivity index (χ0v) is 17.3. The molecule has 0 bridgehead atoms. The zero-order chi connectivity index (χ0) is 18.8. The van der Waals surface area contributed by atoms with Gasteiger partial charge in [-0.05, 0) is 37.4 Å². The van der Waals surface area contributed by atoms with E-state index in [0.717, 1.165) is 35.9 Å². The molecule has 2 aromatic heterocycles. The molecular formula is C21H24N3OS2+. The van der Waals surface area contributed by atoms with Crippen LogP contribution in [0.2, 0.25) is 0 Å². The van der Waals surface area contributed by atoms with Gasteiger partial charge in [0.15, 0.2) is 0 Å². The number of aromatic nitrogens is 1. The van der Waals surface area contributed by atoms with Crippen molar-refractivity contribution in [1.82, 2.24) is 4.98 Å². The summed E-state index contributed by atoms with van der Waals surface area (Å²) < 4.78 is 0. The first kappa shape index (κ1) is 18.3. The molecule has 3 aromatic rings. The molecule has 1 aliphatic rings. The van der Waals surface area contributed by atoms with E-state index >= 15 is 0 Å². The standard InChI is InChI=1S/C21H23N3OS2/c1-14-3-5-16(6-4-14)22-20(25)11-21-23-17(13-27-21)12-24-9-7-19-18(15(24)2)8-10-26-19/h3-6,8,10,13,15H,7,9,11-12H2,1-2H3,(H,22,25)/p+1/t15-/m0/s1. The van der Waals surface area contributed by atoms with Crippen molar-refractivity contribution in [2.24, 2.45) is 0 Å². The average molecular weight is 399 g/mol. The molecule has 140 valence electrons. The quantitative estimate of drug-likeness (QED) is 0.692. The molecule has 4 rings (SSSR count). The zero-order valence-electron chi connectivity index (χ0n) is 15.6. The largest absolute Gasteiger partial charge is 0.326 e. The number of carbonyl (C=O) groups is 1. The Morgan fingerprint density at radius 3 is 2.89 bits per heavy atom. The summed E-state index contributed by atoms with van der Waals surface area (Å²) in [6.45, 7) is 6.41. The van der Waals surface area contributed by atoms with Crippen molar-refractivity contribution >= 4 is 34.3 Å². The number of nitrogens with zero attached hydrogens (tertiary/aromatic N) is 1. The van der Waals surface area contributed by atoms with E-state index in [2.05, 4.69) is 29.1 Å². The maximum atomic E-state index is 12.3. The van der Waals surface area contributed by atoms with Gasteiger partial charge in [-0.1, -0.05) is 17.7 Å². The number of aryl methyl sites for hydroxylation is 1. The van der Waals surface area contributed by atoms with Gasteiger partial charge in [-0.3, -0.25) is 4.79 Å². The molecule has 0 fully saturated rings. The topological polar surface area (TPSA) is 46.4 Å². The highest BCUT2D eigenvalue weighted by atomic mass is 32.1. The second kappa shape index (κ2) is 7.92. The summed E-state index contributed by atoms with van der Waals surface area (Å²) in [7, 11) is 0. The number of carbonyl (C=O) groups excluding carboxylic acids is 1. The van der Waals surface area contributed by atoms with Gasteiger partial charge in [-0.2, -0.15) is 0 Å². The monoisotopic (exact) mass is 398 g/mol. The van der Waals surface area contributed by atoms with E-state index < -0.39 is 0 Å². The fourth-order valence-electron chi connectivity index (χ4n) is 3.61. The van der Waals surface area contributed by atoms with Gasteiger partial charge in [-0.25, -0.2) is 4.98 Å². The molecule has 2 atom stereocenters. The average Bonchev–Trinajstić information content (AvgIpc) is 3.29. The van der Waals surface area contributed by atoms with Gasteiger partial charge in [0.05, 0.1) is 13.0 Å². The Bertz CT molecular complexity index is 929. The Hall–Kier alpha value is -2.02. The van der Waals surface area contributed by atoms with Crippen molar-refractivity contribution < 1.29 is 9.69 Å². The van der Waals surface area contributed by atoms with Crippen LogP contribution in [0, 0.1) is 6.92 Å². The number of benzene rings is 1. The van der Waals surface area contributed by atoms with E-state index in [1.807, 2.05) is 42.5 Å². The number of fused-ring (bicyclic) bond motifs is 1. The van der Waals surface area contributed by atoms with Crippen LogP contribution >= 0.6 is 22.7 Å².